The zero-order valence-corrected chi connectivity index (χ0v) is 22.2. The molecule has 5 atom stereocenters. The van der Waals surface area contributed by atoms with Crippen LogP contribution in [0.1, 0.15) is 33.4 Å². The fraction of sp³-hybridized carbons (Fsp3) is 0.700. The fourth-order valence-electron chi connectivity index (χ4n) is 3.06. The first-order valence-corrected chi connectivity index (χ1v) is 13.5. The molecule has 35 heavy (non-hydrogen) atoms. The summed E-state index contributed by atoms with van der Waals surface area (Å²) in [6.45, 7) is 4.75. The lowest BCUT2D eigenvalue weighted by Gasteiger charge is -2.27. The smallest absolute Gasteiger partial charge is 0.407 e. The number of hydrogen-bond donors (Lipinski definition) is 2. The Kier molecular flexibility index (Phi) is 10.9. The zero-order chi connectivity index (χ0) is 26.3. The van der Waals surface area contributed by atoms with E-state index in [1.54, 1.807) is 13.8 Å². The van der Waals surface area contributed by atoms with Gasteiger partial charge in [0.25, 0.3) is 0 Å². The molecule has 1 aromatic heterocycles. The quantitative estimate of drug-likeness (QED) is 0.220. The second-order valence-corrected chi connectivity index (χ2v) is 12.0. The van der Waals surface area contributed by atoms with E-state index in [0.717, 1.165) is 11.8 Å². The molecule has 1 aromatic rings. The van der Waals surface area contributed by atoms with Crippen molar-refractivity contribution in [2.75, 3.05) is 38.8 Å². The Morgan fingerprint density at radius 3 is 2.63 bits per heavy atom. The van der Waals surface area contributed by atoms with Crippen LogP contribution in [0, 0.1) is 5.92 Å². The van der Waals surface area contributed by atoms with Crippen molar-refractivity contribution in [3.63, 3.8) is 0 Å². The van der Waals surface area contributed by atoms with Crippen molar-refractivity contribution in [2.24, 2.45) is 11.7 Å². The Hall–Kier alpha value is -1.80. The normalized spacial score (nSPS) is 22.8. The molecule has 4 N–H and O–H groups in total. The molecule has 0 saturated carbocycles. The first kappa shape index (κ1) is 29.4. The number of hydrogen-bond acceptors (Lipinski definition) is 12. The van der Waals surface area contributed by atoms with Gasteiger partial charge in [-0.2, -0.15) is 4.98 Å². The van der Waals surface area contributed by atoms with Crippen molar-refractivity contribution in [3.8, 4) is 0 Å². The van der Waals surface area contributed by atoms with Crippen LogP contribution < -0.4 is 17.2 Å². The lowest BCUT2D eigenvalue weighted by molar-refractivity contribution is -0.155. The summed E-state index contributed by atoms with van der Waals surface area (Å²) >= 11 is 1.04. The number of thioether (sulfide) groups is 1. The van der Waals surface area contributed by atoms with Crippen molar-refractivity contribution in [3.05, 3.63) is 22.7 Å². The molecule has 1 aliphatic heterocycles. The van der Waals surface area contributed by atoms with Gasteiger partial charge in [-0.1, -0.05) is 25.6 Å². The number of ether oxygens (including phenoxy) is 2. The third-order valence-electron chi connectivity index (χ3n) is 5.14. The molecule has 1 saturated heterocycles. The Bertz CT molecular complexity index is 991. The van der Waals surface area contributed by atoms with Crippen LogP contribution in [0.15, 0.2) is 17.1 Å². The topological polar surface area (TPSA) is 178 Å². The predicted octanol–water partition coefficient (Wildman–Crippen LogP) is 0.991. The van der Waals surface area contributed by atoms with E-state index in [2.05, 4.69) is 4.98 Å². The van der Waals surface area contributed by atoms with E-state index in [0.29, 0.717) is 5.75 Å². The van der Waals surface area contributed by atoms with E-state index in [-0.39, 0.29) is 36.5 Å². The zero-order valence-electron chi connectivity index (χ0n) is 20.5. The molecular weight excluding hydrogens is 501 g/mol. The molecular formula is C20H34N5O8PS. The van der Waals surface area contributed by atoms with Gasteiger partial charge in [0.15, 0.2) is 5.12 Å². The van der Waals surface area contributed by atoms with Crippen molar-refractivity contribution in [2.45, 2.75) is 51.7 Å². The van der Waals surface area contributed by atoms with E-state index < -0.39 is 43.9 Å². The molecule has 0 spiro atoms. The second kappa shape index (κ2) is 12.9. The summed E-state index contributed by atoms with van der Waals surface area (Å²) in [7, 11) is -0.693. The van der Waals surface area contributed by atoms with E-state index in [4.69, 9.17) is 30.0 Å². The Labute approximate surface area is 208 Å². The number of aromatic nitrogens is 2. The minimum atomic E-state index is -3.74. The van der Waals surface area contributed by atoms with E-state index in [1.807, 2.05) is 0 Å². The number of nitrogens with two attached hydrogens (primary N) is 2. The average Bonchev–Trinajstić information content (AvgIpc) is 3.16. The molecule has 0 aliphatic carbocycles. The first-order valence-electron chi connectivity index (χ1n) is 11.0. The van der Waals surface area contributed by atoms with Gasteiger partial charge in [-0.3, -0.25) is 23.2 Å². The largest absolute Gasteiger partial charge is 0.458 e. The Morgan fingerprint density at radius 1 is 1.37 bits per heavy atom. The van der Waals surface area contributed by atoms with Crippen molar-refractivity contribution in [1.82, 2.24) is 14.2 Å². The minimum Gasteiger partial charge on any atom is -0.458 e. The highest BCUT2D eigenvalue weighted by molar-refractivity contribution is 8.13. The van der Waals surface area contributed by atoms with Gasteiger partial charge in [-0.25, -0.2) is 14.0 Å². The number of esters is 1. The minimum absolute atomic E-state index is 0.0159. The molecule has 0 bridgehead atoms. The predicted molar refractivity (Wildman–Crippen MR) is 130 cm³/mol. The Balaban J connectivity index is 2.17. The second-order valence-electron chi connectivity index (χ2n) is 8.44. The molecule has 0 radical (unpaired) electrons. The molecule has 3 unspecified atom stereocenters. The van der Waals surface area contributed by atoms with Crippen LogP contribution in [0.2, 0.25) is 0 Å². The summed E-state index contributed by atoms with van der Waals surface area (Å²) in [6.07, 6.45) is -1.01. The van der Waals surface area contributed by atoms with Gasteiger partial charge < -0.3 is 20.9 Å². The third kappa shape index (κ3) is 8.38. The van der Waals surface area contributed by atoms with Gasteiger partial charge in [-0.15, -0.1) is 0 Å². The summed E-state index contributed by atoms with van der Waals surface area (Å²) in [6, 6.07) is 0.587. The van der Waals surface area contributed by atoms with E-state index in [9.17, 15) is 18.9 Å². The summed E-state index contributed by atoms with van der Waals surface area (Å²) in [5.74, 6) is -0.425. The SMILES string of the molecule is CC(=O)SCCOP(=O)(OC[C@@H]1O[C@H](n2ccc(N)nc2=O)CC1OC(=O)C(N)C(C)C)N(C)C. The van der Waals surface area contributed by atoms with Crippen LogP contribution in [0.25, 0.3) is 0 Å². The molecule has 1 fully saturated rings. The lowest BCUT2D eigenvalue weighted by atomic mass is 10.1. The van der Waals surface area contributed by atoms with Gasteiger partial charge in [-0.05, 0) is 26.1 Å². The molecule has 2 heterocycles. The first-order chi connectivity index (χ1) is 16.3. The van der Waals surface area contributed by atoms with Crippen LogP contribution in [-0.4, -0.2) is 76.6 Å². The fourth-order valence-corrected chi connectivity index (χ4v) is 4.84. The van der Waals surface area contributed by atoms with Crippen LogP contribution >= 0.6 is 19.5 Å². The van der Waals surface area contributed by atoms with E-state index in [1.165, 1.54) is 42.5 Å². The van der Waals surface area contributed by atoms with Gasteiger partial charge in [0.2, 0.25) is 0 Å². The van der Waals surface area contributed by atoms with Crippen LogP contribution in [0.5, 0.6) is 0 Å². The molecule has 0 aromatic carbocycles. The third-order valence-corrected chi connectivity index (χ3v) is 7.88. The van der Waals surface area contributed by atoms with E-state index >= 15 is 0 Å². The highest BCUT2D eigenvalue weighted by atomic mass is 32.2. The van der Waals surface area contributed by atoms with Gasteiger partial charge in [0.1, 0.15) is 30.3 Å². The van der Waals surface area contributed by atoms with Crippen molar-refractivity contribution < 1.29 is 32.7 Å². The molecule has 2 rings (SSSR count). The number of nitrogen functional groups attached to an aromatic ring is 1. The summed E-state index contributed by atoms with van der Waals surface area (Å²) in [5.41, 5.74) is 10.8. The highest BCUT2D eigenvalue weighted by Crippen LogP contribution is 2.50. The standard InChI is InChI=1S/C20H34N5O8PS/c1-12(2)18(22)19(27)33-14-10-17(25-7-6-16(21)23-20(25)28)32-15(14)11-31-34(29,24(4)5)30-8-9-35-13(3)26/h6-7,12,14-15,17-18H,8-11,22H2,1-5H3,(H2,21,23,28)/t14?,15-,17-,18?,34?/m0/s1. The molecule has 13 nitrogen and oxygen atoms in total. The average molecular weight is 536 g/mol. The summed E-state index contributed by atoms with van der Waals surface area (Å²) in [5, 5.41) is -0.0868. The number of carbonyl (C=O) groups is 2. The van der Waals surface area contributed by atoms with Gasteiger partial charge >= 0.3 is 19.4 Å². The maximum absolute atomic E-state index is 13.2. The summed E-state index contributed by atoms with van der Waals surface area (Å²) in [4.78, 5) is 39.6. The molecule has 15 heteroatoms. The molecule has 1 aliphatic rings. The lowest BCUT2D eigenvalue weighted by Crippen LogP contribution is -2.41. The van der Waals surface area contributed by atoms with Crippen LogP contribution in [0.4, 0.5) is 5.82 Å². The maximum Gasteiger partial charge on any atom is 0.407 e. The maximum atomic E-state index is 13.2. The van der Waals surface area contributed by atoms with Gasteiger partial charge in [0, 0.05) is 25.3 Å². The number of carbonyl (C=O) groups excluding carboxylic acids is 2. The molecule has 198 valence electrons. The molecule has 0 amide bonds. The number of rotatable bonds is 12. The highest BCUT2D eigenvalue weighted by Gasteiger charge is 2.42. The number of nitrogens with zero attached hydrogens (tertiary/aromatic N) is 3. The Morgan fingerprint density at radius 2 is 2.06 bits per heavy atom. The summed E-state index contributed by atoms with van der Waals surface area (Å²) < 4.78 is 38.4. The van der Waals surface area contributed by atoms with Crippen LogP contribution in [0.3, 0.4) is 0 Å². The monoisotopic (exact) mass is 535 g/mol. The van der Waals surface area contributed by atoms with Crippen molar-refractivity contribution in [1.29, 1.82) is 0 Å². The van der Waals surface area contributed by atoms with Gasteiger partial charge in [0.05, 0.1) is 13.2 Å². The van der Waals surface area contributed by atoms with Crippen LogP contribution in [-0.2, 0) is 32.7 Å². The number of anilines is 1. The van der Waals surface area contributed by atoms with Crippen molar-refractivity contribution >= 4 is 36.4 Å².